The van der Waals surface area contributed by atoms with Crippen LogP contribution in [0.5, 0.6) is 5.75 Å². The number of allylic oxidation sites excluding steroid dienone is 1. The first-order valence-corrected chi connectivity index (χ1v) is 12.3. The van der Waals surface area contributed by atoms with E-state index in [-0.39, 0.29) is 16.1 Å². The number of methoxy groups -OCH3 is 1. The van der Waals surface area contributed by atoms with Crippen LogP contribution in [0.25, 0.3) is 10.2 Å². The zero-order valence-electron chi connectivity index (χ0n) is 17.8. The number of nitrogens with one attached hydrogen (secondary N) is 1. The summed E-state index contributed by atoms with van der Waals surface area (Å²) in [5.41, 5.74) is 1.50. The van der Waals surface area contributed by atoms with E-state index in [2.05, 4.69) is 16.3 Å². The summed E-state index contributed by atoms with van der Waals surface area (Å²) in [7, 11) is -2.32. The van der Waals surface area contributed by atoms with Crippen molar-refractivity contribution < 1.29 is 17.9 Å². The van der Waals surface area contributed by atoms with Crippen molar-refractivity contribution in [3.8, 4) is 5.75 Å². The number of carbonyl (C=O) groups excluding carboxylic acids is 1. The minimum absolute atomic E-state index is 0.0838. The molecule has 4 aromatic rings. The van der Waals surface area contributed by atoms with E-state index < -0.39 is 15.9 Å². The zero-order valence-corrected chi connectivity index (χ0v) is 19.4. The quantitative estimate of drug-likeness (QED) is 0.397. The molecule has 0 saturated heterocycles. The molecule has 0 fully saturated rings. The Bertz CT molecular complexity index is 1500. The van der Waals surface area contributed by atoms with Gasteiger partial charge in [0.1, 0.15) is 5.75 Å². The van der Waals surface area contributed by atoms with Crippen LogP contribution in [0.4, 0.5) is 5.69 Å². The molecule has 0 aliphatic rings. The van der Waals surface area contributed by atoms with E-state index in [1.54, 1.807) is 36.4 Å². The van der Waals surface area contributed by atoms with Crippen LogP contribution in [0.3, 0.4) is 0 Å². The van der Waals surface area contributed by atoms with Crippen molar-refractivity contribution >= 4 is 43.2 Å². The summed E-state index contributed by atoms with van der Waals surface area (Å²) in [6, 6.07) is 20.1. The fraction of sp³-hybridized carbons (Fsp3) is 0.0833. The molecule has 0 radical (unpaired) electrons. The number of amides is 1. The number of hydrogen-bond acceptors (Lipinski definition) is 5. The van der Waals surface area contributed by atoms with Gasteiger partial charge in [0.25, 0.3) is 15.9 Å². The standard InChI is InChI=1S/C24H21N3O4S2/c1-3-15-27-21-9-4-5-10-22(21)32-24(27)25-23(28)17-7-6-8-18(16-17)26-33(29,30)20-13-11-19(31-2)12-14-20/h3-14,16,26H,1,15H2,2H3. The van der Waals surface area contributed by atoms with Gasteiger partial charge in [-0.3, -0.25) is 9.52 Å². The topological polar surface area (TPSA) is 89.8 Å². The van der Waals surface area contributed by atoms with E-state index in [1.807, 2.05) is 28.8 Å². The summed E-state index contributed by atoms with van der Waals surface area (Å²) >= 11 is 1.41. The fourth-order valence-electron chi connectivity index (χ4n) is 3.25. The van der Waals surface area contributed by atoms with Crippen LogP contribution in [-0.2, 0) is 16.6 Å². The number of carbonyl (C=O) groups is 1. The molecule has 33 heavy (non-hydrogen) atoms. The Balaban J connectivity index is 1.64. The van der Waals surface area contributed by atoms with E-state index in [9.17, 15) is 13.2 Å². The summed E-state index contributed by atoms with van der Waals surface area (Å²) in [5, 5.41) is 0. The maximum absolute atomic E-state index is 12.9. The third-order valence-corrected chi connectivity index (χ3v) is 7.29. The Hall–Kier alpha value is -3.69. The summed E-state index contributed by atoms with van der Waals surface area (Å²) in [4.78, 5) is 17.8. The van der Waals surface area contributed by atoms with Crippen molar-refractivity contribution in [3.05, 3.63) is 95.8 Å². The number of rotatable bonds is 7. The molecule has 1 aromatic heterocycles. The van der Waals surface area contributed by atoms with Gasteiger partial charge in [-0.1, -0.05) is 35.6 Å². The van der Waals surface area contributed by atoms with E-state index in [0.717, 1.165) is 10.2 Å². The summed E-state index contributed by atoms with van der Waals surface area (Å²) < 4.78 is 35.9. The van der Waals surface area contributed by atoms with Crippen molar-refractivity contribution in [2.24, 2.45) is 4.99 Å². The molecule has 0 aliphatic heterocycles. The fourth-order valence-corrected chi connectivity index (χ4v) is 5.33. The SMILES string of the molecule is C=CCn1c(=NC(=O)c2cccc(NS(=O)(=O)c3ccc(OC)cc3)c2)sc2ccccc21. The molecule has 4 rings (SSSR count). The minimum Gasteiger partial charge on any atom is -0.497 e. The van der Waals surface area contributed by atoms with Gasteiger partial charge in [0, 0.05) is 17.8 Å². The number of sulfonamides is 1. The van der Waals surface area contributed by atoms with Crippen LogP contribution in [0.2, 0.25) is 0 Å². The van der Waals surface area contributed by atoms with Crippen molar-refractivity contribution in [3.63, 3.8) is 0 Å². The Morgan fingerprint density at radius 3 is 2.61 bits per heavy atom. The van der Waals surface area contributed by atoms with E-state index in [0.29, 0.717) is 17.1 Å². The molecule has 1 amide bonds. The highest BCUT2D eigenvalue weighted by atomic mass is 32.2. The third kappa shape index (κ3) is 4.89. The van der Waals surface area contributed by atoms with Crippen LogP contribution in [0.1, 0.15) is 10.4 Å². The first-order chi connectivity index (χ1) is 15.9. The molecule has 1 N–H and O–H groups in total. The number of ether oxygens (including phenoxy) is 1. The molecule has 0 spiro atoms. The largest absolute Gasteiger partial charge is 0.497 e. The van der Waals surface area contributed by atoms with Crippen LogP contribution < -0.4 is 14.3 Å². The number of thiazole rings is 1. The predicted molar refractivity (Wildman–Crippen MR) is 130 cm³/mol. The molecule has 7 nitrogen and oxygen atoms in total. The monoisotopic (exact) mass is 479 g/mol. The normalized spacial score (nSPS) is 12.0. The summed E-state index contributed by atoms with van der Waals surface area (Å²) in [5.74, 6) is 0.0861. The molecular weight excluding hydrogens is 458 g/mol. The van der Waals surface area contributed by atoms with E-state index in [1.165, 1.54) is 36.6 Å². The summed E-state index contributed by atoms with van der Waals surface area (Å²) in [6.07, 6.45) is 1.75. The molecule has 0 aliphatic carbocycles. The Kier molecular flexibility index (Phi) is 6.43. The van der Waals surface area contributed by atoms with Crippen LogP contribution in [-0.4, -0.2) is 26.0 Å². The molecule has 3 aromatic carbocycles. The number of para-hydroxylation sites is 1. The molecule has 0 saturated carbocycles. The van der Waals surface area contributed by atoms with Gasteiger partial charge in [-0.2, -0.15) is 4.99 Å². The highest BCUT2D eigenvalue weighted by Crippen LogP contribution is 2.21. The van der Waals surface area contributed by atoms with Crippen molar-refractivity contribution in [1.82, 2.24) is 4.57 Å². The lowest BCUT2D eigenvalue weighted by Crippen LogP contribution is -2.16. The van der Waals surface area contributed by atoms with Crippen molar-refractivity contribution in [2.45, 2.75) is 11.4 Å². The molecular formula is C24H21N3O4S2. The van der Waals surface area contributed by atoms with Crippen LogP contribution in [0.15, 0.2) is 95.3 Å². The molecule has 0 unspecified atom stereocenters. The van der Waals surface area contributed by atoms with Crippen molar-refractivity contribution in [2.75, 3.05) is 11.8 Å². The van der Waals surface area contributed by atoms with Gasteiger partial charge in [-0.05, 0) is 54.6 Å². The van der Waals surface area contributed by atoms with Gasteiger partial charge in [0.05, 0.1) is 22.2 Å². The number of anilines is 1. The second kappa shape index (κ2) is 9.43. The smallest absolute Gasteiger partial charge is 0.279 e. The lowest BCUT2D eigenvalue weighted by Gasteiger charge is -2.09. The first kappa shape index (κ1) is 22.5. The van der Waals surface area contributed by atoms with E-state index >= 15 is 0 Å². The van der Waals surface area contributed by atoms with Gasteiger partial charge in [-0.25, -0.2) is 8.42 Å². The lowest BCUT2D eigenvalue weighted by molar-refractivity contribution is 0.0998. The number of nitrogens with zero attached hydrogens (tertiary/aromatic N) is 2. The zero-order chi connectivity index (χ0) is 23.4. The molecule has 9 heteroatoms. The van der Waals surface area contributed by atoms with Crippen LogP contribution in [0, 0.1) is 0 Å². The number of benzene rings is 3. The molecule has 1 heterocycles. The molecule has 168 valence electrons. The van der Waals surface area contributed by atoms with Gasteiger partial charge < -0.3 is 9.30 Å². The first-order valence-electron chi connectivity index (χ1n) is 9.96. The predicted octanol–water partition coefficient (Wildman–Crippen LogP) is 4.44. The Morgan fingerprint density at radius 2 is 1.88 bits per heavy atom. The maximum atomic E-state index is 12.9. The van der Waals surface area contributed by atoms with Gasteiger partial charge >= 0.3 is 0 Å². The van der Waals surface area contributed by atoms with Crippen LogP contribution >= 0.6 is 11.3 Å². The van der Waals surface area contributed by atoms with Gasteiger partial charge in [0.2, 0.25) is 0 Å². The second-order valence-corrected chi connectivity index (χ2v) is 9.72. The number of fused-ring (bicyclic) bond motifs is 1. The average molecular weight is 480 g/mol. The summed E-state index contributed by atoms with van der Waals surface area (Å²) in [6.45, 7) is 4.30. The molecule has 0 atom stereocenters. The van der Waals surface area contributed by atoms with E-state index in [4.69, 9.17) is 4.74 Å². The van der Waals surface area contributed by atoms with Crippen molar-refractivity contribution in [1.29, 1.82) is 0 Å². The highest BCUT2D eigenvalue weighted by Gasteiger charge is 2.15. The number of hydrogen-bond donors (Lipinski definition) is 1. The maximum Gasteiger partial charge on any atom is 0.279 e. The highest BCUT2D eigenvalue weighted by molar-refractivity contribution is 7.92. The second-order valence-electron chi connectivity index (χ2n) is 7.03. The van der Waals surface area contributed by atoms with Gasteiger partial charge in [-0.15, -0.1) is 6.58 Å². The Labute approximate surface area is 195 Å². The lowest BCUT2D eigenvalue weighted by atomic mass is 10.2. The number of aromatic nitrogens is 1. The van der Waals surface area contributed by atoms with Gasteiger partial charge in [0.15, 0.2) is 4.80 Å². The average Bonchev–Trinajstić information content (AvgIpc) is 3.16. The minimum atomic E-state index is -3.83. The Morgan fingerprint density at radius 1 is 1.12 bits per heavy atom. The third-order valence-electron chi connectivity index (χ3n) is 4.83. The molecule has 0 bridgehead atoms.